The van der Waals surface area contributed by atoms with Crippen molar-refractivity contribution in [1.82, 2.24) is 14.5 Å². The lowest BCUT2D eigenvalue weighted by Crippen LogP contribution is -2.40. The van der Waals surface area contributed by atoms with E-state index in [1.165, 1.54) is 0 Å². The van der Waals surface area contributed by atoms with Crippen LogP contribution in [0.3, 0.4) is 0 Å². The van der Waals surface area contributed by atoms with Crippen LogP contribution in [-0.2, 0) is 11.3 Å². The van der Waals surface area contributed by atoms with Crippen molar-refractivity contribution in [3.8, 4) is 0 Å². The first-order valence-corrected chi connectivity index (χ1v) is 11.2. The number of ether oxygens (including phenoxy) is 1. The van der Waals surface area contributed by atoms with Crippen molar-refractivity contribution < 1.29 is 9.53 Å². The Morgan fingerprint density at radius 2 is 1.90 bits per heavy atom. The summed E-state index contributed by atoms with van der Waals surface area (Å²) in [5.41, 5.74) is 1.10. The number of carbonyl (C=O) groups is 1. The molecule has 0 radical (unpaired) electrons. The molecule has 1 unspecified atom stereocenters. The summed E-state index contributed by atoms with van der Waals surface area (Å²) in [5, 5.41) is 0.559. The number of fused-ring (bicyclic) bond motifs is 1. The minimum Gasteiger partial charge on any atom is -0.383 e. The van der Waals surface area contributed by atoms with E-state index in [0.29, 0.717) is 42.0 Å². The first kappa shape index (κ1) is 23.2. The van der Waals surface area contributed by atoms with Crippen LogP contribution in [0.5, 0.6) is 0 Å². The van der Waals surface area contributed by atoms with Crippen molar-refractivity contribution in [3.63, 3.8) is 0 Å². The van der Waals surface area contributed by atoms with Crippen molar-refractivity contribution in [3.05, 3.63) is 74.7 Å². The maximum Gasteiger partial charge on any atom is 0.261 e. The highest BCUT2D eigenvalue weighted by Gasteiger charge is 2.27. The summed E-state index contributed by atoms with van der Waals surface area (Å²) in [4.78, 5) is 33.3. The van der Waals surface area contributed by atoms with Gasteiger partial charge in [0.15, 0.2) is 0 Å². The maximum absolute atomic E-state index is 13.5. The molecular weight excluding hydrogens is 458 g/mol. The third-order valence-electron chi connectivity index (χ3n) is 5.15. The summed E-state index contributed by atoms with van der Waals surface area (Å²) >= 11 is 3.45. The maximum atomic E-state index is 13.5. The fourth-order valence-corrected chi connectivity index (χ4v) is 4.04. The van der Waals surface area contributed by atoms with Crippen LogP contribution in [0.1, 0.15) is 43.0 Å². The Hall–Kier alpha value is -2.51. The second kappa shape index (κ2) is 10.2. The van der Waals surface area contributed by atoms with Gasteiger partial charge in [0.2, 0.25) is 0 Å². The molecule has 3 rings (SSSR count). The number of amides is 1. The van der Waals surface area contributed by atoms with Crippen molar-refractivity contribution in [1.29, 1.82) is 0 Å². The number of para-hydroxylation sites is 1. The van der Waals surface area contributed by atoms with Gasteiger partial charge in [-0.15, -0.1) is 0 Å². The van der Waals surface area contributed by atoms with Gasteiger partial charge in [-0.05, 0) is 43.2 Å². The van der Waals surface area contributed by atoms with Crippen molar-refractivity contribution in [2.24, 2.45) is 5.92 Å². The molecule has 2 aromatic carbocycles. The Kier molecular flexibility index (Phi) is 7.62. The molecule has 0 saturated heterocycles. The van der Waals surface area contributed by atoms with Crippen LogP contribution in [0.4, 0.5) is 0 Å². The van der Waals surface area contributed by atoms with Gasteiger partial charge >= 0.3 is 0 Å². The number of hydrogen-bond donors (Lipinski definition) is 0. The minimum atomic E-state index is -0.400. The Morgan fingerprint density at radius 3 is 2.58 bits per heavy atom. The number of methoxy groups -OCH3 is 1. The zero-order chi connectivity index (χ0) is 22.5. The molecule has 6 nitrogen and oxygen atoms in total. The van der Waals surface area contributed by atoms with E-state index < -0.39 is 6.04 Å². The number of halogens is 1. The van der Waals surface area contributed by atoms with E-state index >= 15 is 0 Å². The molecule has 0 spiro atoms. The molecule has 164 valence electrons. The quantitative estimate of drug-likeness (QED) is 0.465. The third-order valence-corrected chi connectivity index (χ3v) is 5.64. The molecule has 0 fully saturated rings. The molecule has 1 amide bonds. The van der Waals surface area contributed by atoms with E-state index in [-0.39, 0.29) is 17.4 Å². The average molecular weight is 486 g/mol. The van der Waals surface area contributed by atoms with Gasteiger partial charge in [0, 0.05) is 23.7 Å². The Morgan fingerprint density at radius 1 is 1.16 bits per heavy atom. The molecule has 3 aromatic rings. The summed E-state index contributed by atoms with van der Waals surface area (Å²) in [7, 11) is 1.60. The first-order chi connectivity index (χ1) is 14.8. The largest absolute Gasteiger partial charge is 0.383 e. The lowest BCUT2D eigenvalue weighted by molar-refractivity contribution is 0.0650. The van der Waals surface area contributed by atoms with E-state index in [2.05, 4.69) is 29.8 Å². The molecule has 1 heterocycles. The van der Waals surface area contributed by atoms with Crippen LogP contribution in [0.2, 0.25) is 0 Å². The van der Waals surface area contributed by atoms with Gasteiger partial charge in [0.05, 0.1) is 30.1 Å². The molecule has 0 aliphatic carbocycles. The van der Waals surface area contributed by atoms with Crippen LogP contribution in [0.15, 0.2) is 57.8 Å². The van der Waals surface area contributed by atoms with Crippen LogP contribution >= 0.6 is 15.9 Å². The number of carbonyl (C=O) groups excluding carboxylic acids is 1. The average Bonchev–Trinajstić information content (AvgIpc) is 2.75. The van der Waals surface area contributed by atoms with Crippen LogP contribution < -0.4 is 5.56 Å². The Balaban J connectivity index is 2.12. The monoisotopic (exact) mass is 485 g/mol. The van der Waals surface area contributed by atoms with Crippen LogP contribution in [0, 0.1) is 5.92 Å². The van der Waals surface area contributed by atoms with E-state index in [0.717, 1.165) is 4.47 Å². The van der Waals surface area contributed by atoms with Gasteiger partial charge < -0.3 is 9.64 Å². The SMILES string of the molecule is COCCn1c(C(C)N(CC(C)C)C(=O)c2cccc(Br)c2)nc2ccccc2c1=O. The third kappa shape index (κ3) is 5.22. The van der Waals surface area contributed by atoms with Gasteiger partial charge in [-0.1, -0.05) is 48.0 Å². The number of benzene rings is 2. The van der Waals surface area contributed by atoms with E-state index in [1.54, 1.807) is 28.7 Å². The zero-order valence-corrected chi connectivity index (χ0v) is 19.9. The Bertz CT molecular complexity index is 1130. The molecule has 31 heavy (non-hydrogen) atoms. The highest BCUT2D eigenvalue weighted by atomic mass is 79.9. The normalized spacial score (nSPS) is 12.3. The molecule has 0 bridgehead atoms. The van der Waals surface area contributed by atoms with Crippen LogP contribution in [0.25, 0.3) is 10.9 Å². The van der Waals surface area contributed by atoms with E-state index in [4.69, 9.17) is 9.72 Å². The van der Waals surface area contributed by atoms with Gasteiger partial charge in [-0.3, -0.25) is 14.2 Å². The van der Waals surface area contributed by atoms with Gasteiger partial charge in [-0.2, -0.15) is 0 Å². The molecule has 0 saturated carbocycles. The molecule has 0 N–H and O–H groups in total. The number of hydrogen-bond acceptors (Lipinski definition) is 4. The van der Waals surface area contributed by atoms with Gasteiger partial charge in [-0.25, -0.2) is 4.98 Å². The molecule has 1 atom stereocenters. The molecular formula is C24H28BrN3O3. The van der Waals surface area contributed by atoms with Crippen molar-refractivity contribution >= 4 is 32.7 Å². The topological polar surface area (TPSA) is 64.4 Å². The number of nitrogens with zero attached hydrogens (tertiary/aromatic N) is 3. The lowest BCUT2D eigenvalue weighted by atomic mass is 10.1. The standard InChI is InChI=1S/C24H28BrN3O3/c1-16(2)15-28(23(29)18-8-7-9-19(25)14-18)17(3)22-26-21-11-6-5-10-20(21)24(30)27(22)12-13-31-4/h5-11,14,16-17H,12-13,15H2,1-4H3. The van der Waals surface area contributed by atoms with E-state index in [9.17, 15) is 9.59 Å². The van der Waals surface area contributed by atoms with Gasteiger partial charge in [0.25, 0.3) is 11.5 Å². The predicted molar refractivity (Wildman–Crippen MR) is 126 cm³/mol. The highest BCUT2D eigenvalue weighted by molar-refractivity contribution is 9.10. The van der Waals surface area contributed by atoms with Crippen molar-refractivity contribution in [2.45, 2.75) is 33.4 Å². The fourth-order valence-electron chi connectivity index (χ4n) is 3.64. The smallest absolute Gasteiger partial charge is 0.261 e. The van der Waals surface area contributed by atoms with Crippen LogP contribution in [-0.4, -0.2) is 40.6 Å². The predicted octanol–water partition coefficient (Wildman–Crippen LogP) is 4.66. The minimum absolute atomic E-state index is 0.0943. The fraction of sp³-hybridized carbons (Fsp3) is 0.375. The van der Waals surface area contributed by atoms with Crippen molar-refractivity contribution in [2.75, 3.05) is 20.3 Å². The lowest BCUT2D eigenvalue weighted by Gasteiger charge is -2.32. The summed E-state index contributed by atoms with van der Waals surface area (Å²) in [6.45, 7) is 7.36. The summed E-state index contributed by atoms with van der Waals surface area (Å²) in [6.07, 6.45) is 0. The second-order valence-corrected chi connectivity index (χ2v) is 8.89. The molecule has 0 aliphatic rings. The molecule has 7 heteroatoms. The molecule has 0 aliphatic heterocycles. The molecule has 1 aromatic heterocycles. The first-order valence-electron chi connectivity index (χ1n) is 10.4. The summed E-state index contributed by atoms with van der Waals surface area (Å²) in [6, 6.07) is 14.3. The Labute approximate surface area is 191 Å². The van der Waals surface area contributed by atoms with E-state index in [1.807, 2.05) is 43.3 Å². The second-order valence-electron chi connectivity index (χ2n) is 7.97. The summed E-state index contributed by atoms with van der Waals surface area (Å²) in [5.74, 6) is 0.714. The summed E-state index contributed by atoms with van der Waals surface area (Å²) < 4.78 is 7.71. The highest BCUT2D eigenvalue weighted by Crippen LogP contribution is 2.24. The number of aromatic nitrogens is 2. The number of rotatable bonds is 8. The zero-order valence-electron chi connectivity index (χ0n) is 18.3. The van der Waals surface area contributed by atoms with Gasteiger partial charge in [0.1, 0.15) is 5.82 Å².